The number of ether oxygens (including phenoxy) is 2. The van der Waals surface area contributed by atoms with Gasteiger partial charge in [-0.15, -0.1) is 11.8 Å². The largest absolute Gasteiger partial charge is 1.00 e. The number of para-hydroxylation sites is 1. The van der Waals surface area contributed by atoms with Crippen LogP contribution in [0, 0.1) is 35.5 Å². The zero-order valence-corrected chi connectivity index (χ0v) is 35.1. The van der Waals surface area contributed by atoms with Crippen molar-refractivity contribution in [3.05, 3.63) is 65.5 Å². The van der Waals surface area contributed by atoms with Gasteiger partial charge in [-0.2, -0.15) is 0 Å². The molecule has 1 aromatic carbocycles. The second-order valence-electron chi connectivity index (χ2n) is 15.4. The van der Waals surface area contributed by atoms with Crippen molar-refractivity contribution < 1.29 is 79.3 Å². The Morgan fingerprint density at radius 2 is 1.71 bits per heavy atom. The molecule has 11 heteroatoms. The standard InChI is InChI=1S/C24H30O5.C20H32O5.Na/c1-3-4-7-15(2)19(25)13-12-17-20(26)14-21-23(17)18-10-5-8-16(24(18)29-21)9-6-11-22(27)28;1-2-3-4-7-14(21)10-11-16-17-12-15(8-5-6-9-20(23)24)25-19(17)13-18(16)22;/h5,8,10,12-13,15,17,19-21,23,25-26H,6-7,9,11,14H2,1-2H3,(H,27,28);8,10-11,14,16-19,21-22H,2-7,9,12-13H2,1H3,(H,23,24);/q;;+1/p-1/b13-12+;11-10+,15-8-;/t15?,17-,19+,20+,21-,23-;14-,16+,17+,18+,19-;/m00./s1. The van der Waals surface area contributed by atoms with E-state index in [9.17, 15) is 35.1 Å². The van der Waals surface area contributed by atoms with E-state index in [1.165, 1.54) is 0 Å². The number of aliphatic hydroxyl groups excluding tert-OH is 4. The number of aryl methyl sites for hydroxylation is 1. The van der Waals surface area contributed by atoms with Gasteiger partial charge >= 0.3 is 35.5 Å². The first-order chi connectivity index (χ1) is 25.9. The SMILES string of the molecule is CC#CCC(C)[C@H](O)/C=C/[C@@H]1[C@H]2c3cccc(CCCC(=O)O)c3O[C@H]2C[C@H]1O.CCCCC[C@H](O)/C=C/[C@@H]1[C@H]2C/C(=C/CCCC(=O)[O-])O[C@H]2C[C@H]1O.[Na+]. The molecule has 5 rings (SSSR count). The Morgan fingerprint density at radius 1 is 0.982 bits per heavy atom. The van der Waals surface area contributed by atoms with Gasteiger partial charge in [0.1, 0.15) is 18.0 Å². The number of aliphatic hydroxyl groups is 4. The first-order valence-corrected chi connectivity index (χ1v) is 20.0. The molecule has 298 valence electrons. The van der Waals surface area contributed by atoms with Gasteiger partial charge in [0.05, 0.1) is 30.2 Å². The first-order valence-electron chi connectivity index (χ1n) is 20.0. The molecule has 2 aliphatic carbocycles. The van der Waals surface area contributed by atoms with Gasteiger partial charge in [-0.1, -0.05) is 75.6 Å². The van der Waals surface area contributed by atoms with Crippen molar-refractivity contribution >= 4 is 11.9 Å². The van der Waals surface area contributed by atoms with Crippen molar-refractivity contribution in [3.63, 3.8) is 0 Å². The van der Waals surface area contributed by atoms with Crippen molar-refractivity contribution in [1.29, 1.82) is 0 Å². The summed E-state index contributed by atoms with van der Waals surface area (Å²) in [5.41, 5.74) is 2.11. The van der Waals surface area contributed by atoms with Gasteiger partial charge in [-0.3, -0.25) is 4.79 Å². The van der Waals surface area contributed by atoms with Gasteiger partial charge in [0.2, 0.25) is 0 Å². The summed E-state index contributed by atoms with van der Waals surface area (Å²) in [7, 11) is 0. The zero-order chi connectivity index (χ0) is 39.2. The molecule has 55 heavy (non-hydrogen) atoms. The van der Waals surface area contributed by atoms with Gasteiger partial charge in [0.15, 0.2) is 0 Å². The molecule has 1 saturated heterocycles. The quantitative estimate of drug-likeness (QED) is 0.0645. The monoisotopic (exact) mass is 772 g/mol. The number of carbonyl (C=O) groups excluding carboxylic acids is 1. The van der Waals surface area contributed by atoms with Crippen LogP contribution in [0.1, 0.15) is 121 Å². The van der Waals surface area contributed by atoms with Gasteiger partial charge in [0, 0.05) is 67.3 Å². The summed E-state index contributed by atoms with van der Waals surface area (Å²) in [4.78, 5) is 21.2. The van der Waals surface area contributed by atoms with E-state index in [1.54, 1.807) is 13.0 Å². The average Bonchev–Trinajstić information content (AvgIpc) is 3.85. The van der Waals surface area contributed by atoms with Crippen molar-refractivity contribution in [2.45, 2.75) is 153 Å². The Balaban J connectivity index is 0.000000293. The van der Waals surface area contributed by atoms with Crippen LogP contribution in [0.5, 0.6) is 5.75 Å². The van der Waals surface area contributed by atoms with Gasteiger partial charge in [-0.25, -0.2) is 0 Å². The molecule has 2 aliphatic heterocycles. The second kappa shape index (κ2) is 23.6. The fourth-order valence-corrected chi connectivity index (χ4v) is 8.26. The number of benzene rings is 1. The van der Waals surface area contributed by atoms with Gasteiger partial charge in [-0.05, 0) is 63.0 Å². The number of unbranched alkanes of at least 4 members (excludes halogenated alkanes) is 3. The summed E-state index contributed by atoms with van der Waals surface area (Å²) in [5, 5.41) is 60.6. The number of hydrogen-bond acceptors (Lipinski definition) is 9. The van der Waals surface area contributed by atoms with Crippen LogP contribution in [0.3, 0.4) is 0 Å². The molecule has 0 radical (unpaired) electrons. The molecular formula is C44H61NaO10. The number of hydrogen-bond donors (Lipinski definition) is 5. The zero-order valence-electron chi connectivity index (χ0n) is 33.1. The Hall–Kier alpha value is -2.62. The van der Waals surface area contributed by atoms with Crippen molar-refractivity contribution in [3.8, 4) is 17.6 Å². The maximum Gasteiger partial charge on any atom is 1.00 e. The van der Waals surface area contributed by atoms with Crippen LogP contribution in [-0.2, 0) is 20.7 Å². The summed E-state index contributed by atoms with van der Waals surface area (Å²) in [5.74, 6) is 6.01. The minimum Gasteiger partial charge on any atom is -0.550 e. The predicted octanol–water partition coefficient (Wildman–Crippen LogP) is 2.36. The van der Waals surface area contributed by atoms with E-state index in [2.05, 4.69) is 18.8 Å². The number of fused-ring (bicyclic) bond motifs is 4. The summed E-state index contributed by atoms with van der Waals surface area (Å²) < 4.78 is 12.1. The summed E-state index contributed by atoms with van der Waals surface area (Å²) in [6.45, 7) is 5.89. The molecule has 0 aromatic heterocycles. The molecule has 10 nitrogen and oxygen atoms in total. The van der Waals surface area contributed by atoms with Crippen molar-refractivity contribution in [1.82, 2.24) is 0 Å². The third kappa shape index (κ3) is 13.8. The van der Waals surface area contributed by atoms with Gasteiger partial charge < -0.3 is 44.9 Å². The fourth-order valence-electron chi connectivity index (χ4n) is 8.26. The molecule has 11 atom stereocenters. The fraction of sp³-hybridized carbons (Fsp3) is 0.636. The molecule has 0 bridgehead atoms. The van der Waals surface area contributed by atoms with Crippen LogP contribution in [0.4, 0.5) is 0 Å². The smallest absolute Gasteiger partial charge is 0.550 e. The van der Waals surface area contributed by atoms with Crippen LogP contribution in [-0.4, -0.2) is 74.1 Å². The summed E-state index contributed by atoms with van der Waals surface area (Å²) in [6, 6.07) is 6.01. The molecule has 2 heterocycles. The third-order valence-corrected chi connectivity index (χ3v) is 11.3. The predicted molar refractivity (Wildman–Crippen MR) is 204 cm³/mol. The van der Waals surface area contributed by atoms with Crippen molar-refractivity contribution in [2.75, 3.05) is 0 Å². The molecule has 2 saturated carbocycles. The van der Waals surface area contributed by atoms with E-state index in [4.69, 9.17) is 14.6 Å². The maximum atomic E-state index is 10.8. The third-order valence-electron chi connectivity index (χ3n) is 11.3. The Labute approximate surface area is 349 Å². The van der Waals surface area contributed by atoms with Gasteiger partial charge in [0.25, 0.3) is 0 Å². The molecule has 3 fully saturated rings. The number of rotatable bonds is 18. The molecule has 0 amide bonds. The van der Waals surface area contributed by atoms with E-state index in [0.29, 0.717) is 44.9 Å². The normalized spacial score (nSPS) is 28.5. The Morgan fingerprint density at radius 3 is 2.42 bits per heavy atom. The van der Waals surface area contributed by atoms with Crippen LogP contribution < -0.4 is 39.4 Å². The molecule has 5 N–H and O–H groups in total. The number of carboxylic acids is 2. The topological polar surface area (TPSA) is 177 Å². The molecule has 1 unspecified atom stereocenters. The average molecular weight is 773 g/mol. The number of carboxylic acid groups (broad SMARTS) is 2. The second-order valence-corrected chi connectivity index (χ2v) is 15.4. The van der Waals surface area contributed by atoms with E-state index in [-0.39, 0.29) is 84.2 Å². The van der Waals surface area contributed by atoms with E-state index >= 15 is 0 Å². The minimum absolute atomic E-state index is 0. The number of allylic oxidation sites excluding steroid dienone is 2. The summed E-state index contributed by atoms with van der Waals surface area (Å²) >= 11 is 0. The molecular weight excluding hydrogens is 711 g/mol. The summed E-state index contributed by atoms with van der Waals surface area (Å²) in [6.07, 6.45) is 16.7. The molecule has 4 aliphatic rings. The Bertz CT molecular complexity index is 1530. The van der Waals surface area contributed by atoms with Crippen LogP contribution in [0.15, 0.2) is 54.3 Å². The van der Waals surface area contributed by atoms with Crippen LogP contribution in [0.25, 0.3) is 0 Å². The van der Waals surface area contributed by atoms with Crippen LogP contribution in [0.2, 0.25) is 0 Å². The number of aliphatic carboxylic acids is 2. The van der Waals surface area contributed by atoms with E-state index in [1.807, 2.05) is 49.4 Å². The van der Waals surface area contributed by atoms with Crippen LogP contribution >= 0.6 is 0 Å². The first kappa shape index (κ1) is 46.8. The minimum atomic E-state index is -1.02. The molecule has 1 aromatic rings. The van der Waals surface area contributed by atoms with E-state index in [0.717, 1.165) is 54.7 Å². The molecule has 0 spiro atoms. The number of carbonyl (C=O) groups is 2. The van der Waals surface area contributed by atoms with E-state index < -0.39 is 36.4 Å². The maximum absolute atomic E-state index is 10.8. The Kier molecular flexibility index (Phi) is 20.0. The van der Waals surface area contributed by atoms with Crippen molar-refractivity contribution in [2.24, 2.45) is 23.7 Å².